The van der Waals surface area contributed by atoms with Crippen LogP contribution in [0, 0.1) is 0 Å². The molecule has 13 rings (SSSR count). The molecular weight excluding hydrogens is 791 g/mol. The molecule has 0 amide bonds. The molecule has 5 heteroatoms. The standard InChI is InChI=1S/C60H41N5/c1-60(2)51-26-10-6-22-45(51)49-36-50-48-25-9-13-29-55(48)65(56(50)37-52(49)60)44-21-15-19-42(35-44)59-62-57(40-32-30-39(31-33-40)38-16-4-3-5-17-38)61-58(63-59)41-18-14-20-43(34-41)64-53-27-11-7-23-46(53)47-24-8-12-28-54(47)64/h3-37H,1-2H3. The first-order chi connectivity index (χ1) is 32.0. The van der Waals surface area contributed by atoms with Crippen molar-refractivity contribution in [2.45, 2.75) is 19.3 Å². The van der Waals surface area contributed by atoms with E-state index in [0.717, 1.165) is 55.7 Å². The first-order valence-corrected chi connectivity index (χ1v) is 22.3. The van der Waals surface area contributed by atoms with Gasteiger partial charge in [-0.25, -0.2) is 15.0 Å². The molecule has 1 aliphatic rings. The quantitative estimate of drug-likeness (QED) is 0.168. The molecule has 1 aliphatic carbocycles. The molecule has 306 valence electrons. The fraction of sp³-hybridized carbons (Fsp3) is 0.0500. The number of fused-ring (bicyclic) bond motifs is 9. The van der Waals surface area contributed by atoms with E-state index in [9.17, 15) is 0 Å². The molecule has 9 aromatic carbocycles. The van der Waals surface area contributed by atoms with Crippen molar-refractivity contribution >= 4 is 43.6 Å². The Morgan fingerprint density at radius 1 is 0.308 bits per heavy atom. The summed E-state index contributed by atoms with van der Waals surface area (Å²) in [5, 5.41) is 4.91. The number of hydrogen-bond acceptors (Lipinski definition) is 3. The van der Waals surface area contributed by atoms with E-state index >= 15 is 0 Å². The molecule has 3 aromatic heterocycles. The van der Waals surface area contributed by atoms with Crippen molar-refractivity contribution in [3.8, 4) is 67.8 Å². The van der Waals surface area contributed by atoms with Crippen LogP contribution in [0.1, 0.15) is 25.0 Å². The van der Waals surface area contributed by atoms with E-state index in [1.807, 2.05) is 6.07 Å². The fourth-order valence-electron chi connectivity index (χ4n) is 10.4. The molecule has 0 fully saturated rings. The van der Waals surface area contributed by atoms with Crippen LogP contribution >= 0.6 is 0 Å². The van der Waals surface area contributed by atoms with Gasteiger partial charge in [-0.05, 0) is 88.0 Å². The third-order valence-corrected chi connectivity index (χ3v) is 13.6. The van der Waals surface area contributed by atoms with Crippen LogP contribution in [0.3, 0.4) is 0 Å². The van der Waals surface area contributed by atoms with Gasteiger partial charge in [0, 0.05) is 55.0 Å². The molecule has 3 heterocycles. The van der Waals surface area contributed by atoms with Crippen LogP contribution in [0.2, 0.25) is 0 Å². The summed E-state index contributed by atoms with van der Waals surface area (Å²) in [6.07, 6.45) is 0. The van der Waals surface area contributed by atoms with Gasteiger partial charge in [0.2, 0.25) is 0 Å². The Morgan fingerprint density at radius 3 is 1.35 bits per heavy atom. The maximum atomic E-state index is 5.31. The third-order valence-electron chi connectivity index (χ3n) is 13.6. The molecule has 0 radical (unpaired) electrons. The van der Waals surface area contributed by atoms with E-state index in [1.165, 1.54) is 49.3 Å². The van der Waals surface area contributed by atoms with E-state index in [0.29, 0.717) is 17.5 Å². The van der Waals surface area contributed by atoms with Crippen LogP contribution in [-0.2, 0) is 5.41 Å². The molecule has 0 aliphatic heterocycles. The highest BCUT2D eigenvalue weighted by Gasteiger charge is 2.36. The first-order valence-electron chi connectivity index (χ1n) is 22.3. The lowest BCUT2D eigenvalue weighted by molar-refractivity contribution is 0.661. The van der Waals surface area contributed by atoms with Crippen LogP contribution in [0.4, 0.5) is 0 Å². The molecule has 0 saturated carbocycles. The summed E-state index contributed by atoms with van der Waals surface area (Å²) in [7, 11) is 0. The zero-order chi connectivity index (χ0) is 43.2. The molecule has 0 atom stereocenters. The second-order valence-electron chi connectivity index (χ2n) is 17.7. The third kappa shape index (κ3) is 5.82. The van der Waals surface area contributed by atoms with E-state index in [2.05, 4.69) is 229 Å². The van der Waals surface area contributed by atoms with Crippen molar-refractivity contribution in [3.05, 3.63) is 223 Å². The summed E-state index contributed by atoms with van der Waals surface area (Å²) >= 11 is 0. The van der Waals surface area contributed by atoms with Gasteiger partial charge in [-0.15, -0.1) is 0 Å². The number of aromatic nitrogens is 5. The summed E-state index contributed by atoms with van der Waals surface area (Å²) in [4.78, 5) is 15.8. The lowest BCUT2D eigenvalue weighted by atomic mass is 9.82. The van der Waals surface area contributed by atoms with E-state index in [-0.39, 0.29) is 5.41 Å². The van der Waals surface area contributed by atoms with Gasteiger partial charge in [0.15, 0.2) is 17.5 Å². The summed E-state index contributed by atoms with van der Waals surface area (Å²) in [6.45, 7) is 4.70. The van der Waals surface area contributed by atoms with Crippen LogP contribution in [-0.4, -0.2) is 24.1 Å². The zero-order valence-corrected chi connectivity index (χ0v) is 35.9. The summed E-state index contributed by atoms with van der Waals surface area (Å²) in [6, 6.07) is 75.9. The highest BCUT2D eigenvalue weighted by atomic mass is 15.0. The second-order valence-corrected chi connectivity index (χ2v) is 17.7. The molecule has 0 N–H and O–H groups in total. The first kappa shape index (κ1) is 37.2. The molecular formula is C60H41N5. The van der Waals surface area contributed by atoms with Crippen molar-refractivity contribution in [3.63, 3.8) is 0 Å². The van der Waals surface area contributed by atoms with Crippen LogP contribution in [0.15, 0.2) is 212 Å². The predicted molar refractivity (Wildman–Crippen MR) is 268 cm³/mol. The lowest BCUT2D eigenvalue weighted by Crippen LogP contribution is -2.14. The number of hydrogen-bond donors (Lipinski definition) is 0. The minimum absolute atomic E-state index is 0.126. The van der Waals surface area contributed by atoms with Gasteiger partial charge in [0.1, 0.15) is 0 Å². The van der Waals surface area contributed by atoms with Crippen molar-refractivity contribution in [1.82, 2.24) is 24.1 Å². The normalized spacial score (nSPS) is 12.9. The van der Waals surface area contributed by atoms with E-state index < -0.39 is 0 Å². The van der Waals surface area contributed by atoms with Crippen LogP contribution in [0.25, 0.3) is 111 Å². The molecule has 0 unspecified atom stereocenters. The van der Waals surface area contributed by atoms with E-state index in [1.54, 1.807) is 0 Å². The summed E-state index contributed by atoms with van der Waals surface area (Å²) in [5.41, 5.74) is 17.0. The Labute approximate surface area is 376 Å². The van der Waals surface area contributed by atoms with Gasteiger partial charge < -0.3 is 9.13 Å². The van der Waals surface area contributed by atoms with Crippen LogP contribution in [0.5, 0.6) is 0 Å². The number of benzene rings is 9. The van der Waals surface area contributed by atoms with Gasteiger partial charge in [0.25, 0.3) is 0 Å². The van der Waals surface area contributed by atoms with Gasteiger partial charge in [-0.3, -0.25) is 0 Å². The topological polar surface area (TPSA) is 48.5 Å². The molecule has 65 heavy (non-hydrogen) atoms. The maximum absolute atomic E-state index is 5.31. The largest absolute Gasteiger partial charge is 0.309 e. The Hall–Kier alpha value is -8.41. The maximum Gasteiger partial charge on any atom is 0.164 e. The molecule has 0 spiro atoms. The average Bonchev–Trinajstić information content (AvgIpc) is 3.96. The summed E-state index contributed by atoms with van der Waals surface area (Å²) in [5.74, 6) is 1.84. The Morgan fingerprint density at radius 2 is 0.754 bits per heavy atom. The van der Waals surface area contributed by atoms with Crippen molar-refractivity contribution in [2.24, 2.45) is 0 Å². The van der Waals surface area contributed by atoms with E-state index in [4.69, 9.17) is 15.0 Å². The minimum atomic E-state index is -0.126. The highest BCUT2D eigenvalue weighted by Crippen LogP contribution is 2.51. The lowest BCUT2D eigenvalue weighted by Gasteiger charge is -2.21. The fourth-order valence-corrected chi connectivity index (χ4v) is 10.4. The predicted octanol–water partition coefficient (Wildman–Crippen LogP) is 15.0. The molecule has 0 bridgehead atoms. The van der Waals surface area contributed by atoms with Crippen molar-refractivity contribution in [1.29, 1.82) is 0 Å². The minimum Gasteiger partial charge on any atom is -0.309 e. The molecule has 0 saturated heterocycles. The second kappa shape index (κ2) is 14.3. The van der Waals surface area contributed by atoms with Gasteiger partial charge in [0.05, 0.1) is 22.1 Å². The SMILES string of the molecule is CC1(C)c2ccccc2-c2cc3c4ccccc4n(-c4cccc(-c5nc(-c6ccc(-c7ccccc7)cc6)nc(-c6cccc(-n7c8ccccc8c8ccccc87)c6)n5)c4)c3cc21. The Kier molecular flexibility index (Phi) is 8.18. The monoisotopic (exact) mass is 831 g/mol. The Bertz CT molecular complexity index is 3800. The van der Waals surface area contributed by atoms with Crippen molar-refractivity contribution < 1.29 is 0 Å². The number of para-hydroxylation sites is 3. The smallest absolute Gasteiger partial charge is 0.164 e. The number of rotatable bonds is 6. The average molecular weight is 832 g/mol. The van der Waals surface area contributed by atoms with Crippen LogP contribution < -0.4 is 0 Å². The molecule has 5 nitrogen and oxygen atoms in total. The number of nitrogens with zero attached hydrogens (tertiary/aromatic N) is 5. The van der Waals surface area contributed by atoms with Crippen molar-refractivity contribution in [2.75, 3.05) is 0 Å². The highest BCUT2D eigenvalue weighted by molar-refractivity contribution is 6.12. The Balaban J connectivity index is 0.985. The van der Waals surface area contributed by atoms with Gasteiger partial charge in [-0.1, -0.05) is 172 Å². The van der Waals surface area contributed by atoms with Gasteiger partial charge in [-0.2, -0.15) is 0 Å². The zero-order valence-electron chi connectivity index (χ0n) is 35.9. The van der Waals surface area contributed by atoms with Gasteiger partial charge >= 0.3 is 0 Å². The summed E-state index contributed by atoms with van der Waals surface area (Å²) < 4.78 is 4.75. The molecule has 12 aromatic rings.